The van der Waals surface area contributed by atoms with Crippen molar-refractivity contribution in [2.45, 2.75) is 18.7 Å². The number of piperazine rings is 1. The first-order valence-electron chi connectivity index (χ1n) is 7.96. The molecule has 0 atom stereocenters. The molecule has 0 amide bonds. The highest BCUT2D eigenvalue weighted by Crippen LogP contribution is 2.25. The SMILES string of the molecule is Cc1ccc(C)c(N2CCN(S(=O)(=O)c3ccc(F)cc3)CC2)c1. The molecule has 2 aromatic carbocycles. The van der Waals surface area contributed by atoms with E-state index in [0.29, 0.717) is 26.2 Å². The van der Waals surface area contributed by atoms with Crippen LogP contribution in [-0.4, -0.2) is 38.9 Å². The van der Waals surface area contributed by atoms with Gasteiger partial charge in [-0.2, -0.15) is 4.31 Å². The van der Waals surface area contributed by atoms with Crippen molar-refractivity contribution in [2.24, 2.45) is 0 Å². The molecule has 0 N–H and O–H groups in total. The largest absolute Gasteiger partial charge is 0.369 e. The molecule has 1 fully saturated rings. The minimum Gasteiger partial charge on any atom is -0.369 e. The molecule has 0 aliphatic carbocycles. The van der Waals surface area contributed by atoms with Crippen LogP contribution in [0.15, 0.2) is 47.4 Å². The fraction of sp³-hybridized carbons (Fsp3) is 0.333. The predicted molar refractivity (Wildman–Crippen MR) is 93.3 cm³/mol. The first-order chi connectivity index (χ1) is 11.4. The van der Waals surface area contributed by atoms with Crippen molar-refractivity contribution in [2.75, 3.05) is 31.1 Å². The lowest BCUT2D eigenvalue weighted by atomic mass is 10.1. The molecule has 1 heterocycles. The van der Waals surface area contributed by atoms with E-state index >= 15 is 0 Å². The Morgan fingerprint density at radius 3 is 2.17 bits per heavy atom. The number of hydrogen-bond acceptors (Lipinski definition) is 3. The average molecular weight is 348 g/mol. The average Bonchev–Trinajstić information content (AvgIpc) is 2.57. The maximum atomic E-state index is 13.0. The summed E-state index contributed by atoms with van der Waals surface area (Å²) in [7, 11) is -3.56. The molecule has 1 saturated heterocycles. The Morgan fingerprint density at radius 1 is 0.917 bits per heavy atom. The van der Waals surface area contributed by atoms with E-state index in [0.717, 1.165) is 5.69 Å². The molecular weight excluding hydrogens is 327 g/mol. The second kappa shape index (κ2) is 6.53. The van der Waals surface area contributed by atoms with Crippen molar-refractivity contribution in [1.82, 2.24) is 4.31 Å². The van der Waals surface area contributed by atoms with Gasteiger partial charge in [-0.15, -0.1) is 0 Å². The molecule has 2 aromatic rings. The highest BCUT2D eigenvalue weighted by atomic mass is 32.2. The van der Waals surface area contributed by atoms with Crippen molar-refractivity contribution in [1.29, 1.82) is 0 Å². The molecule has 0 radical (unpaired) electrons. The summed E-state index contributed by atoms with van der Waals surface area (Å²) in [6.07, 6.45) is 0. The molecule has 1 aliphatic rings. The van der Waals surface area contributed by atoms with Crippen LogP contribution >= 0.6 is 0 Å². The number of halogens is 1. The molecular formula is C18H21FN2O2S. The van der Waals surface area contributed by atoms with Gasteiger partial charge in [0.15, 0.2) is 0 Å². The Balaban J connectivity index is 1.75. The normalized spacial score (nSPS) is 16.4. The minimum absolute atomic E-state index is 0.143. The smallest absolute Gasteiger partial charge is 0.243 e. The molecule has 24 heavy (non-hydrogen) atoms. The van der Waals surface area contributed by atoms with Gasteiger partial charge in [-0.25, -0.2) is 12.8 Å². The van der Waals surface area contributed by atoms with Gasteiger partial charge in [0.05, 0.1) is 4.90 Å². The molecule has 0 saturated carbocycles. The van der Waals surface area contributed by atoms with Crippen LogP contribution in [0.4, 0.5) is 10.1 Å². The van der Waals surface area contributed by atoms with Crippen LogP contribution in [0.2, 0.25) is 0 Å². The quantitative estimate of drug-likeness (QED) is 0.856. The lowest BCUT2D eigenvalue weighted by Crippen LogP contribution is -2.48. The van der Waals surface area contributed by atoms with Crippen LogP contribution in [-0.2, 0) is 10.0 Å². The van der Waals surface area contributed by atoms with E-state index in [2.05, 4.69) is 36.9 Å². The maximum Gasteiger partial charge on any atom is 0.243 e. The van der Waals surface area contributed by atoms with Gasteiger partial charge in [0.2, 0.25) is 10.0 Å². The zero-order chi connectivity index (χ0) is 17.3. The van der Waals surface area contributed by atoms with Gasteiger partial charge in [-0.05, 0) is 55.3 Å². The van der Waals surface area contributed by atoms with Gasteiger partial charge in [0.25, 0.3) is 0 Å². The number of hydrogen-bond donors (Lipinski definition) is 0. The summed E-state index contributed by atoms with van der Waals surface area (Å²) >= 11 is 0. The highest BCUT2D eigenvalue weighted by molar-refractivity contribution is 7.89. The van der Waals surface area contributed by atoms with Crippen molar-refractivity contribution >= 4 is 15.7 Å². The zero-order valence-electron chi connectivity index (χ0n) is 13.9. The van der Waals surface area contributed by atoms with Crippen LogP contribution in [0.3, 0.4) is 0 Å². The third-order valence-electron chi connectivity index (χ3n) is 4.40. The second-order valence-electron chi connectivity index (χ2n) is 6.13. The van der Waals surface area contributed by atoms with Gasteiger partial charge >= 0.3 is 0 Å². The van der Waals surface area contributed by atoms with Crippen LogP contribution in [0.5, 0.6) is 0 Å². The maximum absolute atomic E-state index is 13.0. The molecule has 128 valence electrons. The van der Waals surface area contributed by atoms with Gasteiger partial charge in [0.1, 0.15) is 5.82 Å². The number of nitrogens with zero attached hydrogens (tertiary/aromatic N) is 2. The van der Waals surface area contributed by atoms with Crippen molar-refractivity contribution in [3.63, 3.8) is 0 Å². The van der Waals surface area contributed by atoms with Crippen molar-refractivity contribution in [3.8, 4) is 0 Å². The molecule has 6 heteroatoms. The molecule has 0 bridgehead atoms. The second-order valence-corrected chi connectivity index (χ2v) is 8.07. The highest BCUT2D eigenvalue weighted by Gasteiger charge is 2.28. The molecule has 4 nitrogen and oxygen atoms in total. The molecule has 1 aliphatic heterocycles. The third kappa shape index (κ3) is 3.30. The first-order valence-corrected chi connectivity index (χ1v) is 9.40. The van der Waals surface area contributed by atoms with Crippen LogP contribution in [0, 0.1) is 19.7 Å². The fourth-order valence-corrected chi connectivity index (χ4v) is 4.41. The summed E-state index contributed by atoms with van der Waals surface area (Å²) < 4.78 is 39.8. The van der Waals surface area contributed by atoms with E-state index in [1.54, 1.807) is 0 Å². The predicted octanol–water partition coefficient (Wildman–Crippen LogP) is 2.95. The lowest BCUT2D eigenvalue weighted by molar-refractivity contribution is 0.384. The number of anilines is 1. The number of benzene rings is 2. The molecule has 0 spiro atoms. The Bertz CT molecular complexity index is 827. The fourth-order valence-electron chi connectivity index (χ4n) is 2.99. The van der Waals surface area contributed by atoms with Gasteiger partial charge in [0, 0.05) is 31.9 Å². The number of rotatable bonds is 3. The molecule has 0 aromatic heterocycles. The topological polar surface area (TPSA) is 40.6 Å². The summed E-state index contributed by atoms with van der Waals surface area (Å²) in [5.74, 6) is -0.436. The van der Waals surface area contributed by atoms with E-state index in [1.807, 2.05) is 0 Å². The summed E-state index contributed by atoms with van der Waals surface area (Å²) in [5.41, 5.74) is 3.54. The number of aryl methyl sites for hydroxylation is 2. The van der Waals surface area contributed by atoms with Gasteiger partial charge < -0.3 is 4.90 Å². The van der Waals surface area contributed by atoms with E-state index in [4.69, 9.17) is 0 Å². The summed E-state index contributed by atoms with van der Waals surface area (Å²) in [5, 5.41) is 0. The Kier molecular flexibility index (Phi) is 4.60. The van der Waals surface area contributed by atoms with Gasteiger partial charge in [-0.1, -0.05) is 12.1 Å². The van der Waals surface area contributed by atoms with E-state index < -0.39 is 15.8 Å². The Morgan fingerprint density at radius 2 is 1.54 bits per heavy atom. The van der Waals surface area contributed by atoms with Crippen LogP contribution in [0.25, 0.3) is 0 Å². The summed E-state index contributed by atoms with van der Waals surface area (Å²) in [6, 6.07) is 11.3. The van der Waals surface area contributed by atoms with Crippen LogP contribution in [0.1, 0.15) is 11.1 Å². The van der Waals surface area contributed by atoms with Gasteiger partial charge in [-0.3, -0.25) is 0 Å². The van der Waals surface area contributed by atoms with E-state index in [1.165, 1.54) is 39.7 Å². The van der Waals surface area contributed by atoms with Crippen LogP contribution < -0.4 is 4.90 Å². The Labute approximate surface area is 142 Å². The number of sulfonamides is 1. The Hall–Kier alpha value is -1.92. The minimum atomic E-state index is -3.56. The standard InChI is InChI=1S/C18H21FN2O2S/c1-14-3-4-15(2)18(13-14)20-9-11-21(12-10-20)24(22,23)17-7-5-16(19)6-8-17/h3-8,13H,9-12H2,1-2H3. The molecule has 0 unspecified atom stereocenters. The van der Waals surface area contributed by atoms with E-state index in [-0.39, 0.29) is 4.90 Å². The molecule has 3 rings (SSSR count). The lowest BCUT2D eigenvalue weighted by Gasteiger charge is -2.36. The van der Waals surface area contributed by atoms with Crippen molar-refractivity contribution < 1.29 is 12.8 Å². The zero-order valence-corrected chi connectivity index (χ0v) is 14.7. The van der Waals surface area contributed by atoms with E-state index in [9.17, 15) is 12.8 Å². The monoisotopic (exact) mass is 348 g/mol. The summed E-state index contributed by atoms with van der Waals surface area (Å²) in [6.45, 7) is 6.25. The first kappa shape index (κ1) is 16.9. The van der Waals surface area contributed by atoms with Crippen molar-refractivity contribution in [3.05, 3.63) is 59.4 Å². The third-order valence-corrected chi connectivity index (χ3v) is 6.31. The summed E-state index contributed by atoms with van der Waals surface area (Å²) in [4.78, 5) is 2.36.